The Kier molecular flexibility index (Phi) is 5.92. The van der Waals surface area contributed by atoms with Crippen LogP contribution in [0, 0.1) is 0 Å². The first kappa shape index (κ1) is 15.4. The van der Waals surface area contributed by atoms with Crippen LogP contribution < -0.4 is 0 Å². The summed E-state index contributed by atoms with van der Waals surface area (Å²) in [5.41, 5.74) is 1.20. The van der Waals surface area contributed by atoms with Gasteiger partial charge < -0.3 is 9.80 Å². The predicted molar refractivity (Wildman–Crippen MR) is 82.6 cm³/mol. The van der Waals surface area contributed by atoms with Gasteiger partial charge in [0.1, 0.15) is 5.82 Å². The highest BCUT2D eigenvalue weighted by Crippen LogP contribution is 2.22. The number of likely N-dealkylation sites (N-methyl/N-ethyl adjacent to an activating group) is 2. The molecule has 0 radical (unpaired) electrons. The van der Waals surface area contributed by atoms with Crippen LogP contribution in [0.2, 0.25) is 0 Å². The van der Waals surface area contributed by atoms with Gasteiger partial charge in [-0.25, -0.2) is 9.97 Å². The maximum atomic E-state index is 4.36. The van der Waals surface area contributed by atoms with Crippen molar-refractivity contribution in [2.75, 3.05) is 27.2 Å². The fourth-order valence-electron chi connectivity index (χ4n) is 2.89. The van der Waals surface area contributed by atoms with Crippen LogP contribution in [0.25, 0.3) is 0 Å². The van der Waals surface area contributed by atoms with Crippen molar-refractivity contribution in [3.05, 3.63) is 23.8 Å². The fraction of sp³-hybridized carbons (Fsp3) is 0.750. The van der Waals surface area contributed by atoms with E-state index in [9.17, 15) is 0 Å². The summed E-state index contributed by atoms with van der Waals surface area (Å²) in [6, 6.07) is 0.815. The Morgan fingerprint density at radius 3 is 2.35 bits per heavy atom. The summed E-state index contributed by atoms with van der Waals surface area (Å²) in [7, 11) is 4.44. The summed E-state index contributed by atoms with van der Waals surface area (Å²) in [6.45, 7) is 5.26. The molecule has 0 bridgehead atoms. The number of rotatable bonds is 7. The van der Waals surface area contributed by atoms with E-state index in [1.54, 1.807) is 0 Å². The Balaban J connectivity index is 1.72. The summed E-state index contributed by atoms with van der Waals surface area (Å²) in [4.78, 5) is 13.6. The van der Waals surface area contributed by atoms with Crippen LogP contribution in [-0.2, 0) is 13.0 Å². The van der Waals surface area contributed by atoms with E-state index in [-0.39, 0.29) is 0 Å². The topological polar surface area (TPSA) is 32.3 Å². The van der Waals surface area contributed by atoms with Gasteiger partial charge in [0, 0.05) is 50.1 Å². The molecular weight excluding hydrogens is 248 g/mol. The van der Waals surface area contributed by atoms with Crippen LogP contribution >= 0.6 is 0 Å². The van der Waals surface area contributed by atoms with Gasteiger partial charge in [0.15, 0.2) is 0 Å². The van der Waals surface area contributed by atoms with E-state index in [4.69, 9.17) is 0 Å². The predicted octanol–water partition coefficient (Wildman–Crippen LogP) is 2.35. The number of aryl methyl sites for hydroxylation is 1. The molecular formula is C16H28N4. The minimum absolute atomic E-state index is 0.815. The van der Waals surface area contributed by atoms with Crippen LogP contribution in [-0.4, -0.2) is 53.0 Å². The number of aromatic nitrogens is 2. The van der Waals surface area contributed by atoms with Gasteiger partial charge in [0.25, 0.3) is 0 Å². The summed E-state index contributed by atoms with van der Waals surface area (Å²) in [6.07, 6.45) is 10.4. The van der Waals surface area contributed by atoms with Crippen molar-refractivity contribution >= 4 is 0 Å². The summed E-state index contributed by atoms with van der Waals surface area (Å²) in [5.74, 6) is 0.928. The van der Waals surface area contributed by atoms with Crippen molar-refractivity contribution in [1.82, 2.24) is 19.8 Å². The molecule has 112 valence electrons. The van der Waals surface area contributed by atoms with Crippen molar-refractivity contribution in [1.29, 1.82) is 0 Å². The third-order valence-corrected chi connectivity index (χ3v) is 4.31. The van der Waals surface area contributed by atoms with Gasteiger partial charge in [-0.05, 0) is 26.9 Å². The van der Waals surface area contributed by atoms with E-state index in [0.717, 1.165) is 37.9 Å². The normalized spacial score (nSPS) is 16.4. The second-order valence-electron chi connectivity index (χ2n) is 6.02. The Labute approximate surface area is 123 Å². The van der Waals surface area contributed by atoms with Crippen LogP contribution in [0.1, 0.15) is 44.0 Å². The quantitative estimate of drug-likeness (QED) is 0.765. The zero-order valence-electron chi connectivity index (χ0n) is 13.2. The SMILES string of the molecule is CCc1ncc(CN(C)CCN(C)C2CCCC2)cn1. The van der Waals surface area contributed by atoms with Gasteiger partial charge in [-0.15, -0.1) is 0 Å². The third-order valence-electron chi connectivity index (χ3n) is 4.31. The van der Waals surface area contributed by atoms with Gasteiger partial charge in [-0.1, -0.05) is 19.8 Å². The van der Waals surface area contributed by atoms with Crippen LogP contribution in [0.4, 0.5) is 0 Å². The first-order valence-corrected chi connectivity index (χ1v) is 7.87. The van der Waals surface area contributed by atoms with Gasteiger partial charge in [0.2, 0.25) is 0 Å². The molecule has 0 aromatic carbocycles. The van der Waals surface area contributed by atoms with Crippen LogP contribution in [0.5, 0.6) is 0 Å². The minimum atomic E-state index is 0.815. The third kappa shape index (κ3) is 4.53. The highest BCUT2D eigenvalue weighted by molar-refractivity contribution is 5.04. The van der Waals surface area contributed by atoms with Gasteiger partial charge in [-0.2, -0.15) is 0 Å². The van der Waals surface area contributed by atoms with Gasteiger partial charge >= 0.3 is 0 Å². The first-order valence-electron chi connectivity index (χ1n) is 7.87. The Hall–Kier alpha value is -1.00. The lowest BCUT2D eigenvalue weighted by atomic mass is 10.2. The number of hydrogen-bond acceptors (Lipinski definition) is 4. The van der Waals surface area contributed by atoms with Crippen molar-refractivity contribution in [3.8, 4) is 0 Å². The van der Waals surface area contributed by atoms with E-state index < -0.39 is 0 Å². The molecule has 1 aromatic rings. The second-order valence-corrected chi connectivity index (χ2v) is 6.02. The van der Waals surface area contributed by atoms with Crippen molar-refractivity contribution < 1.29 is 0 Å². The standard InChI is InChI=1S/C16H28N4/c1-4-16-17-11-14(12-18-16)13-19(2)9-10-20(3)15-7-5-6-8-15/h11-12,15H,4-10,13H2,1-3H3. The molecule has 4 heteroatoms. The molecule has 0 N–H and O–H groups in total. The molecule has 4 nitrogen and oxygen atoms in total. The van der Waals surface area contributed by atoms with E-state index in [0.29, 0.717) is 0 Å². The monoisotopic (exact) mass is 276 g/mol. The summed E-state index contributed by atoms with van der Waals surface area (Å²) < 4.78 is 0. The van der Waals surface area contributed by atoms with Crippen molar-refractivity contribution in [2.24, 2.45) is 0 Å². The number of hydrogen-bond donors (Lipinski definition) is 0. The average Bonchev–Trinajstić information content (AvgIpc) is 3.00. The maximum absolute atomic E-state index is 4.36. The molecule has 2 rings (SSSR count). The lowest BCUT2D eigenvalue weighted by Crippen LogP contribution is -2.36. The summed E-state index contributed by atoms with van der Waals surface area (Å²) in [5, 5.41) is 0. The zero-order chi connectivity index (χ0) is 14.4. The molecule has 1 heterocycles. The Morgan fingerprint density at radius 2 is 1.75 bits per heavy atom. The molecule has 1 saturated carbocycles. The highest BCUT2D eigenvalue weighted by Gasteiger charge is 2.19. The Bertz CT molecular complexity index is 384. The molecule has 0 saturated heterocycles. The molecule has 1 aromatic heterocycles. The van der Waals surface area contributed by atoms with Gasteiger partial charge in [-0.3, -0.25) is 0 Å². The van der Waals surface area contributed by atoms with E-state index in [2.05, 4.69) is 40.8 Å². The number of nitrogens with zero attached hydrogens (tertiary/aromatic N) is 4. The molecule has 1 fully saturated rings. The zero-order valence-corrected chi connectivity index (χ0v) is 13.2. The molecule has 0 amide bonds. The summed E-state index contributed by atoms with van der Waals surface area (Å²) >= 11 is 0. The van der Waals surface area contributed by atoms with Crippen LogP contribution in [0.3, 0.4) is 0 Å². The fourth-order valence-corrected chi connectivity index (χ4v) is 2.89. The van der Waals surface area contributed by atoms with E-state index in [1.807, 2.05) is 12.4 Å². The molecule has 0 atom stereocenters. The Morgan fingerprint density at radius 1 is 1.10 bits per heavy atom. The second kappa shape index (κ2) is 7.70. The first-order chi connectivity index (χ1) is 9.69. The lowest BCUT2D eigenvalue weighted by Gasteiger charge is -2.26. The van der Waals surface area contributed by atoms with Gasteiger partial charge in [0.05, 0.1) is 0 Å². The van der Waals surface area contributed by atoms with Crippen molar-refractivity contribution in [2.45, 2.75) is 51.6 Å². The van der Waals surface area contributed by atoms with Crippen molar-refractivity contribution in [3.63, 3.8) is 0 Å². The molecule has 0 aliphatic heterocycles. The molecule has 1 aliphatic rings. The molecule has 20 heavy (non-hydrogen) atoms. The maximum Gasteiger partial charge on any atom is 0.127 e. The minimum Gasteiger partial charge on any atom is -0.302 e. The lowest BCUT2D eigenvalue weighted by molar-refractivity contribution is 0.204. The molecule has 0 unspecified atom stereocenters. The molecule has 0 spiro atoms. The largest absolute Gasteiger partial charge is 0.302 e. The van der Waals surface area contributed by atoms with E-state index in [1.165, 1.54) is 31.2 Å². The highest BCUT2D eigenvalue weighted by atomic mass is 15.2. The average molecular weight is 276 g/mol. The van der Waals surface area contributed by atoms with Crippen LogP contribution in [0.15, 0.2) is 12.4 Å². The van der Waals surface area contributed by atoms with E-state index >= 15 is 0 Å². The molecule has 1 aliphatic carbocycles. The smallest absolute Gasteiger partial charge is 0.127 e.